The number of piperidine rings is 2. The molecular formula is C8H16ClN. The van der Waals surface area contributed by atoms with Gasteiger partial charge in [-0.05, 0) is 44.7 Å². The smallest absolute Gasteiger partial charge is 0.000967 e. The van der Waals surface area contributed by atoms with E-state index in [0.29, 0.717) is 0 Å². The molecule has 0 radical (unpaired) electrons. The molecule has 0 saturated carbocycles. The normalized spacial score (nSPS) is 38.4. The average molecular weight is 162 g/mol. The second kappa shape index (κ2) is 3.59. The lowest BCUT2D eigenvalue weighted by Crippen LogP contribution is -2.39. The van der Waals surface area contributed by atoms with Gasteiger partial charge >= 0.3 is 0 Å². The van der Waals surface area contributed by atoms with Crippen molar-refractivity contribution < 1.29 is 0 Å². The standard InChI is InChI=1S/C8H15N.ClH/c1-3-8-4-2-6-9(5-1)7-8;/h8H,1-7H2;1H. The van der Waals surface area contributed by atoms with Crippen LogP contribution in [0.3, 0.4) is 0 Å². The van der Waals surface area contributed by atoms with Crippen LogP contribution in [0.2, 0.25) is 0 Å². The highest BCUT2D eigenvalue weighted by Gasteiger charge is 2.22. The van der Waals surface area contributed by atoms with Gasteiger partial charge < -0.3 is 4.90 Å². The number of halogens is 1. The van der Waals surface area contributed by atoms with Crippen molar-refractivity contribution in [1.29, 1.82) is 0 Å². The quantitative estimate of drug-likeness (QED) is 0.525. The summed E-state index contributed by atoms with van der Waals surface area (Å²) in [5, 5.41) is 0. The molecule has 2 aliphatic heterocycles. The second-order valence-corrected chi connectivity index (χ2v) is 3.45. The summed E-state index contributed by atoms with van der Waals surface area (Å²) in [6.07, 6.45) is 5.95. The van der Waals surface area contributed by atoms with Gasteiger partial charge in [-0.1, -0.05) is 0 Å². The van der Waals surface area contributed by atoms with Crippen LogP contribution in [0.25, 0.3) is 0 Å². The topological polar surface area (TPSA) is 3.24 Å². The molecule has 0 aromatic heterocycles. The third-order valence-corrected chi connectivity index (χ3v) is 2.69. The summed E-state index contributed by atoms with van der Waals surface area (Å²) in [5.41, 5.74) is 0. The average Bonchev–Trinajstić information content (AvgIpc) is 1.88. The predicted molar refractivity (Wildman–Crippen MR) is 45.6 cm³/mol. The third kappa shape index (κ3) is 1.64. The number of nitrogens with zero attached hydrogens (tertiary/aromatic N) is 1. The van der Waals surface area contributed by atoms with E-state index in [1.54, 1.807) is 0 Å². The zero-order chi connectivity index (χ0) is 6.10. The molecule has 0 spiro atoms. The van der Waals surface area contributed by atoms with E-state index in [-0.39, 0.29) is 12.4 Å². The number of fused-ring (bicyclic) bond motifs is 2. The molecule has 1 nitrogen and oxygen atoms in total. The number of rotatable bonds is 0. The van der Waals surface area contributed by atoms with Gasteiger partial charge in [0.1, 0.15) is 0 Å². The maximum atomic E-state index is 2.62. The Kier molecular flexibility index (Phi) is 2.99. The highest BCUT2D eigenvalue weighted by atomic mass is 35.5. The molecule has 0 amide bonds. The Balaban J connectivity index is 0.000000500. The zero-order valence-corrected chi connectivity index (χ0v) is 7.20. The van der Waals surface area contributed by atoms with Crippen LogP contribution in [-0.2, 0) is 0 Å². The molecule has 0 atom stereocenters. The minimum atomic E-state index is 0. The van der Waals surface area contributed by atoms with Crippen molar-refractivity contribution in [2.75, 3.05) is 19.6 Å². The maximum absolute atomic E-state index is 2.62. The summed E-state index contributed by atoms with van der Waals surface area (Å²) < 4.78 is 0. The molecule has 2 heterocycles. The van der Waals surface area contributed by atoms with Gasteiger partial charge in [-0.15, -0.1) is 12.4 Å². The van der Waals surface area contributed by atoms with Crippen LogP contribution in [-0.4, -0.2) is 24.5 Å². The minimum Gasteiger partial charge on any atom is -0.303 e. The Labute approximate surface area is 69.2 Å². The molecule has 2 heteroatoms. The predicted octanol–water partition coefficient (Wildman–Crippen LogP) is 1.91. The van der Waals surface area contributed by atoms with Gasteiger partial charge in [-0.25, -0.2) is 0 Å². The first kappa shape index (κ1) is 8.35. The summed E-state index contributed by atoms with van der Waals surface area (Å²) >= 11 is 0. The van der Waals surface area contributed by atoms with Crippen molar-refractivity contribution in [3.8, 4) is 0 Å². The zero-order valence-electron chi connectivity index (χ0n) is 6.38. The van der Waals surface area contributed by atoms with E-state index in [4.69, 9.17) is 0 Å². The van der Waals surface area contributed by atoms with E-state index >= 15 is 0 Å². The lowest BCUT2D eigenvalue weighted by Gasteiger charge is -2.37. The van der Waals surface area contributed by atoms with Gasteiger partial charge in [0.25, 0.3) is 0 Å². The van der Waals surface area contributed by atoms with Gasteiger partial charge in [-0.3, -0.25) is 0 Å². The fourth-order valence-corrected chi connectivity index (χ4v) is 2.19. The van der Waals surface area contributed by atoms with Crippen LogP contribution in [0.5, 0.6) is 0 Å². The molecule has 2 saturated heterocycles. The maximum Gasteiger partial charge on any atom is 0.000967 e. The van der Waals surface area contributed by atoms with E-state index in [0.717, 1.165) is 5.92 Å². The Morgan fingerprint density at radius 3 is 2.00 bits per heavy atom. The summed E-state index contributed by atoms with van der Waals surface area (Å²) in [5.74, 6) is 1.08. The molecule has 0 aromatic rings. The van der Waals surface area contributed by atoms with E-state index < -0.39 is 0 Å². The molecule has 2 rings (SSSR count). The van der Waals surface area contributed by atoms with E-state index in [1.165, 1.54) is 45.3 Å². The Morgan fingerprint density at radius 2 is 1.60 bits per heavy atom. The van der Waals surface area contributed by atoms with Crippen molar-refractivity contribution in [2.45, 2.75) is 25.7 Å². The highest BCUT2D eigenvalue weighted by molar-refractivity contribution is 5.85. The Hall–Kier alpha value is 0.250. The Morgan fingerprint density at radius 1 is 1.00 bits per heavy atom. The Bertz CT molecular complexity index is 85.4. The summed E-state index contributed by atoms with van der Waals surface area (Å²) in [6.45, 7) is 4.19. The van der Waals surface area contributed by atoms with E-state index in [1.807, 2.05) is 0 Å². The molecule has 10 heavy (non-hydrogen) atoms. The van der Waals surface area contributed by atoms with Crippen molar-refractivity contribution in [3.63, 3.8) is 0 Å². The van der Waals surface area contributed by atoms with Gasteiger partial charge in [0.15, 0.2) is 0 Å². The first-order chi connectivity index (χ1) is 4.45. The van der Waals surface area contributed by atoms with Crippen LogP contribution >= 0.6 is 12.4 Å². The fraction of sp³-hybridized carbons (Fsp3) is 1.00. The van der Waals surface area contributed by atoms with Crippen molar-refractivity contribution in [1.82, 2.24) is 4.90 Å². The lowest BCUT2D eigenvalue weighted by molar-refractivity contribution is 0.124. The molecule has 0 aliphatic carbocycles. The van der Waals surface area contributed by atoms with Crippen LogP contribution in [0, 0.1) is 5.92 Å². The fourth-order valence-electron chi connectivity index (χ4n) is 2.19. The first-order valence-electron chi connectivity index (χ1n) is 4.17. The number of hydrogen-bond acceptors (Lipinski definition) is 1. The van der Waals surface area contributed by atoms with Crippen LogP contribution in [0.1, 0.15) is 25.7 Å². The molecule has 0 aromatic carbocycles. The van der Waals surface area contributed by atoms with Crippen molar-refractivity contribution in [3.05, 3.63) is 0 Å². The first-order valence-corrected chi connectivity index (χ1v) is 4.17. The molecule has 0 N–H and O–H groups in total. The molecule has 0 unspecified atom stereocenters. The molecule has 2 bridgehead atoms. The van der Waals surface area contributed by atoms with Gasteiger partial charge in [0, 0.05) is 6.54 Å². The van der Waals surface area contributed by atoms with E-state index in [2.05, 4.69) is 4.90 Å². The van der Waals surface area contributed by atoms with Crippen molar-refractivity contribution in [2.24, 2.45) is 5.92 Å². The van der Waals surface area contributed by atoms with Crippen LogP contribution in [0.15, 0.2) is 0 Å². The summed E-state index contributed by atoms with van der Waals surface area (Å²) in [4.78, 5) is 2.62. The van der Waals surface area contributed by atoms with E-state index in [9.17, 15) is 0 Å². The third-order valence-electron chi connectivity index (χ3n) is 2.69. The van der Waals surface area contributed by atoms with Gasteiger partial charge in [0.2, 0.25) is 0 Å². The SMILES string of the molecule is C1CC2CCCN(C1)C2.Cl. The summed E-state index contributed by atoms with van der Waals surface area (Å²) in [7, 11) is 0. The highest BCUT2D eigenvalue weighted by Crippen LogP contribution is 2.25. The summed E-state index contributed by atoms with van der Waals surface area (Å²) in [6, 6.07) is 0. The molecule has 2 aliphatic rings. The molecular weight excluding hydrogens is 146 g/mol. The minimum absolute atomic E-state index is 0. The largest absolute Gasteiger partial charge is 0.303 e. The molecule has 60 valence electrons. The number of hydrogen-bond donors (Lipinski definition) is 0. The molecule has 2 fully saturated rings. The lowest BCUT2D eigenvalue weighted by atomic mass is 9.90. The van der Waals surface area contributed by atoms with Gasteiger partial charge in [0.05, 0.1) is 0 Å². The van der Waals surface area contributed by atoms with Crippen LogP contribution in [0.4, 0.5) is 0 Å². The van der Waals surface area contributed by atoms with Crippen LogP contribution < -0.4 is 0 Å². The van der Waals surface area contributed by atoms with Crippen molar-refractivity contribution >= 4 is 12.4 Å². The van der Waals surface area contributed by atoms with Gasteiger partial charge in [-0.2, -0.15) is 0 Å². The monoisotopic (exact) mass is 161 g/mol. The second-order valence-electron chi connectivity index (χ2n) is 3.45.